The Hall–Kier alpha value is -3.03. The molecule has 0 aromatic heterocycles. The van der Waals surface area contributed by atoms with E-state index in [0.29, 0.717) is 11.4 Å². The molecule has 0 spiro atoms. The highest BCUT2D eigenvalue weighted by atomic mass is 16.5. The van der Waals surface area contributed by atoms with Crippen molar-refractivity contribution in [1.29, 1.82) is 0 Å². The second kappa shape index (κ2) is 6.61. The van der Waals surface area contributed by atoms with Crippen molar-refractivity contribution >= 4 is 29.3 Å². The summed E-state index contributed by atoms with van der Waals surface area (Å²) in [6.07, 6.45) is 1.00. The Kier molecular flexibility index (Phi) is 4.62. The maximum atomic E-state index is 11.7. The molecular weight excluding hydrogens is 290 g/mol. The molecule has 3 N–H and O–H groups in total. The van der Waals surface area contributed by atoms with Crippen LogP contribution in [0.25, 0.3) is 0 Å². The van der Waals surface area contributed by atoms with E-state index in [1.165, 1.54) is 14.2 Å². The molecule has 0 atom stereocenters. The molecule has 1 aromatic carbocycles. The van der Waals surface area contributed by atoms with Crippen LogP contribution in [0.2, 0.25) is 0 Å². The summed E-state index contributed by atoms with van der Waals surface area (Å²) in [4.78, 5) is 34.4. The van der Waals surface area contributed by atoms with Crippen LogP contribution in [0.15, 0.2) is 30.0 Å². The molecule has 2 rings (SSSR count). The Morgan fingerprint density at radius 1 is 1.27 bits per heavy atom. The van der Waals surface area contributed by atoms with Gasteiger partial charge in [0.15, 0.2) is 0 Å². The minimum Gasteiger partial charge on any atom is -0.466 e. The number of hydrogen-bond donors (Lipinski definition) is 3. The average Bonchev–Trinajstić information content (AvgIpc) is 2.53. The zero-order valence-corrected chi connectivity index (χ0v) is 12.1. The fourth-order valence-corrected chi connectivity index (χ4v) is 1.92. The molecule has 0 aliphatic carbocycles. The number of amides is 2. The van der Waals surface area contributed by atoms with E-state index in [-0.39, 0.29) is 18.3 Å². The third kappa shape index (κ3) is 3.35. The molecule has 1 aromatic rings. The lowest BCUT2D eigenvalue weighted by Gasteiger charge is -2.22. The van der Waals surface area contributed by atoms with Gasteiger partial charge < -0.3 is 25.4 Å². The molecule has 2 amide bonds. The quantitative estimate of drug-likeness (QED) is 0.565. The van der Waals surface area contributed by atoms with Crippen molar-refractivity contribution in [2.75, 3.05) is 24.9 Å². The maximum absolute atomic E-state index is 11.7. The van der Waals surface area contributed by atoms with Crippen molar-refractivity contribution in [2.45, 2.75) is 6.54 Å². The largest absolute Gasteiger partial charge is 0.466 e. The van der Waals surface area contributed by atoms with Crippen LogP contribution >= 0.6 is 0 Å². The summed E-state index contributed by atoms with van der Waals surface area (Å²) in [6, 6.07) is 4.86. The first kappa shape index (κ1) is 15.4. The summed E-state index contributed by atoms with van der Waals surface area (Å²) < 4.78 is 9.14. The van der Waals surface area contributed by atoms with Crippen LogP contribution in [0.3, 0.4) is 0 Å². The molecule has 0 saturated carbocycles. The van der Waals surface area contributed by atoms with Gasteiger partial charge in [-0.25, -0.2) is 14.4 Å². The highest BCUT2D eigenvalue weighted by molar-refractivity contribution is 6.00. The van der Waals surface area contributed by atoms with Gasteiger partial charge in [0, 0.05) is 23.5 Å². The molecule has 1 aliphatic heterocycles. The lowest BCUT2D eigenvalue weighted by molar-refractivity contribution is -0.138. The third-order valence-corrected chi connectivity index (χ3v) is 2.99. The molecule has 116 valence electrons. The standard InChI is InChI=1S/C14H15N3O5/c1-21-12(18)6-11(13(19)22-2)16-9-4-3-5-10-8(9)7-15-14(20)17-10/h3-6,16H,7H2,1-2H3,(H2,15,17,20)/b11-6+. The van der Waals surface area contributed by atoms with Gasteiger partial charge in [-0.3, -0.25) is 0 Å². The number of benzene rings is 1. The molecular formula is C14H15N3O5. The molecule has 8 heteroatoms. The van der Waals surface area contributed by atoms with Gasteiger partial charge in [-0.15, -0.1) is 0 Å². The first-order valence-corrected chi connectivity index (χ1v) is 6.37. The van der Waals surface area contributed by atoms with E-state index < -0.39 is 11.9 Å². The predicted octanol–water partition coefficient (Wildman–Crippen LogP) is 0.963. The fourth-order valence-electron chi connectivity index (χ4n) is 1.92. The molecule has 22 heavy (non-hydrogen) atoms. The molecule has 0 radical (unpaired) electrons. The van der Waals surface area contributed by atoms with Crippen LogP contribution in [0, 0.1) is 0 Å². The minimum absolute atomic E-state index is 0.0698. The van der Waals surface area contributed by atoms with Crippen molar-refractivity contribution in [3.8, 4) is 0 Å². The van der Waals surface area contributed by atoms with E-state index >= 15 is 0 Å². The van der Waals surface area contributed by atoms with Crippen molar-refractivity contribution in [3.05, 3.63) is 35.5 Å². The van der Waals surface area contributed by atoms with E-state index in [1.54, 1.807) is 18.2 Å². The van der Waals surface area contributed by atoms with Gasteiger partial charge in [-0.2, -0.15) is 0 Å². The number of esters is 2. The monoisotopic (exact) mass is 305 g/mol. The number of rotatable bonds is 4. The van der Waals surface area contributed by atoms with Gasteiger partial charge in [-0.05, 0) is 12.1 Å². The molecule has 0 saturated heterocycles. The SMILES string of the molecule is COC(=O)/C=C(/Nc1cccc2c1CNC(=O)N2)C(=O)OC. The van der Waals surface area contributed by atoms with Crippen molar-refractivity contribution in [2.24, 2.45) is 0 Å². The van der Waals surface area contributed by atoms with Crippen LogP contribution in [0.4, 0.5) is 16.2 Å². The third-order valence-electron chi connectivity index (χ3n) is 2.99. The first-order valence-electron chi connectivity index (χ1n) is 6.37. The molecule has 0 bridgehead atoms. The van der Waals surface area contributed by atoms with E-state index in [2.05, 4.69) is 25.4 Å². The molecule has 0 unspecified atom stereocenters. The summed E-state index contributed by atoms with van der Waals surface area (Å²) in [7, 11) is 2.41. The van der Waals surface area contributed by atoms with Crippen molar-refractivity contribution in [3.63, 3.8) is 0 Å². The van der Waals surface area contributed by atoms with E-state index in [4.69, 9.17) is 0 Å². The van der Waals surface area contributed by atoms with Crippen LogP contribution in [-0.2, 0) is 25.6 Å². The average molecular weight is 305 g/mol. The lowest BCUT2D eigenvalue weighted by Crippen LogP contribution is -2.34. The molecule has 1 heterocycles. The maximum Gasteiger partial charge on any atom is 0.354 e. The Labute approximate surface area is 126 Å². The number of fused-ring (bicyclic) bond motifs is 1. The first-order chi connectivity index (χ1) is 10.5. The topological polar surface area (TPSA) is 106 Å². The van der Waals surface area contributed by atoms with Gasteiger partial charge in [0.1, 0.15) is 5.70 Å². The number of carbonyl (C=O) groups excluding carboxylic acids is 3. The Morgan fingerprint density at radius 2 is 2.05 bits per heavy atom. The Balaban J connectivity index is 2.33. The number of anilines is 2. The zero-order valence-electron chi connectivity index (χ0n) is 12.1. The predicted molar refractivity (Wildman–Crippen MR) is 78.0 cm³/mol. The smallest absolute Gasteiger partial charge is 0.354 e. The fraction of sp³-hybridized carbons (Fsp3) is 0.214. The lowest BCUT2D eigenvalue weighted by atomic mass is 10.1. The van der Waals surface area contributed by atoms with E-state index in [0.717, 1.165) is 11.6 Å². The number of nitrogens with one attached hydrogen (secondary N) is 3. The van der Waals surface area contributed by atoms with Crippen LogP contribution in [0.5, 0.6) is 0 Å². The van der Waals surface area contributed by atoms with Crippen LogP contribution < -0.4 is 16.0 Å². The van der Waals surface area contributed by atoms with Gasteiger partial charge in [-0.1, -0.05) is 6.07 Å². The molecule has 1 aliphatic rings. The molecule has 0 fully saturated rings. The van der Waals surface area contributed by atoms with Gasteiger partial charge in [0.2, 0.25) is 0 Å². The van der Waals surface area contributed by atoms with E-state index in [1.807, 2.05) is 0 Å². The number of methoxy groups -OCH3 is 2. The number of ether oxygens (including phenoxy) is 2. The summed E-state index contributed by atoms with van der Waals surface area (Å²) >= 11 is 0. The molecule has 8 nitrogen and oxygen atoms in total. The number of carbonyl (C=O) groups is 3. The van der Waals surface area contributed by atoms with Crippen molar-refractivity contribution < 1.29 is 23.9 Å². The normalized spacial score (nSPS) is 13.4. The summed E-state index contributed by atoms with van der Waals surface area (Å²) in [5.74, 6) is -1.40. The van der Waals surface area contributed by atoms with Crippen molar-refractivity contribution in [1.82, 2.24) is 5.32 Å². The van der Waals surface area contributed by atoms with Crippen LogP contribution in [-0.4, -0.2) is 32.2 Å². The Morgan fingerprint density at radius 3 is 2.73 bits per heavy atom. The van der Waals surface area contributed by atoms with Crippen LogP contribution in [0.1, 0.15) is 5.56 Å². The number of urea groups is 1. The number of hydrogen-bond acceptors (Lipinski definition) is 6. The van der Waals surface area contributed by atoms with E-state index in [9.17, 15) is 14.4 Å². The van der Waals surface area contributed by atoms with Gasteiger partial charge in [0.25, 0.3) is 0 Å². The zero-order chi connectivity index (χ0) is 16.1. The summed E-state index contributed by atoms with van der Waals surface area (Å²) in [6.45, 7) is 0.289. The summed E-state index contributed by atoms with van der Waals surface area (Å²) in [5, 5.41) is 8.11. The van der Waals surface area contributed by atoms with Gasteiger partial charge in [0.05, 0.1) is 20.3 Å². The minimum atomic E-state index is -0.712. The summed E-state index contributed by atoms with van der Waals surface area (Å²) in [5.41, 5.74) is 1.86. The van der Waals surface area contributed by atoms with Gasteiger partial charge >= 0.3 is 18.0 Å². The highest BCUT2D eigenvalue weighted by Gasteiger charge is 2.19. The Bertz CT molecular complexity index is 654. The second-order valence-electron chi connectivity index (χ2n) is 4.34. The second-order valence-corrected chi connectivity index (χ2v) is 4.34. The highest BCUT2D eigenvalue weighted by Crippen LogP contribution is 2.27.